The summed E-state index contributed by atoms with van der Waals surface area (Å²) >= 11 is 5.04. The summed E-state index contributed by atoms with van der Waals surface area (Å²) in [6.07, 6.45) is 1.75. The number of carboxylic acid groups (broad SMARTS) is 1. The molecule has 0 saturated carbocycles. The van der Waals surface area contributed by atoms with E-state index in [2.05, 4.69) is 15.9 Å². The number of benzene rings is 1. The zero-order valence-corrected chi connectivity index (χ0v) is 21.5. The fourth-order valence-corrected chi connectivity index (χ4v) is 5.45. The van der Waals surface area contributed by atoms with E-state index < -0.39 is 11.5 Å². The molecule has 0 unspecified atom stereocenters. The van der Waals surface area contributed by atoms with Gasteiger partial charge in [-0.25, -0.2) is 4.79 Å². The van der Waals surface area contributed by atoms with Gasteiger partial charge in [0.1, 0.15) is 11.3 Å². The number of para-hydroxylation sites is 1. The summed E-state index contributed by atoms with van der Waals surface area (Å²) in [5, 5.41) is 10.3. The van der Waals surface area contributed by atoms with Crippen molar-refractivity contribution in [3.8, 4) is 5.75 Å². The molecule has 2 heterocycles. The normalized spacial score (nSPS) is 13.0. The Morgan fingerprint density at radius 3 is 2.53 bits per heavy atom. The maximum Gasteiger partial charge on any atom is 0.329 e. The van der Waals surface area contributed by atoms with Crippen LogP contribution in [0, 0.1) is 6.92 Å². The summed E-state index contributed by atoms with van der Waals surface area (Å²) in [6, 6.07) is 7.70. The molecule has 3 aromatic rings. The fraction of sp³-hybridized carbons (Fsp3) is 0.417. The molecule has 0 saturated heterocycles. The average Bonchev–Trinajstić information content (AvgIpc) is 3.03. The highest BCUT2D eigenvalue weighted by Crippen LogP contribution is 2.39. The summed E-state index contributed by atoms with van der Waals surface area (Å²) in [5.74, 6) is -0.353. The van der Waals surface area contributed by atoms with Crippen LogP contribution in [0.5, 0.6) is 5.75 Å². The molecule has 0 amide bonds. The minimum Gasteiger partial charge on any atom is -0.496 e. The van der Waals surface area contributed by atoms with E-state index in [1.54, 1.807) is 13.3 Å². The number of carbonyl (C=O) groups is 1. The number of aryl methyl sites for hydroxylation is 1. The van der Waals surface area contributed by atoms with Crippen LogP contribution >= 0.6 is 27.3 Å². The topological polar surface area (TPSA) is 77.8 Å². The fourth-order valence-electron chi connectivity index (χ4n) is 3.72. The number of aliphatic carboxylic acids is 1. The Morgan fingerprint density at radius 2 is 1.94 bits per heavy atom. The Bertz CT molecular complexity index is 1210. The van der Waals surface area contributed by atoms with Crippen LogP contribution in [0.25, 0.3) is 10.1 Å². The molecule has 172 valence electrons. The molecule has 1 aromatic carbocycles. The van der Waals surface area contributed by atoms with Gasteiger partial charge in [0.05, 0.1) is 28.5 Å². The summed E-state index contributed by atoms with van der Waals surface area (Å²) in [5.41, 5.74) is 0.850. The highest BCUT2D eigenvalue weighted by Gasteiger charge is 2.33. The van der Waals surface area contributed by atoms with E-state index in [-0.39, 0.29) is 17.8 Å². The number of nitrogens with zero attached hydrogens (tertiary/aromatic N) is 1. The van der Waals surface area contributed by atoms with Gasteiger partial charge in [0.25, 0.3) is 5.56 Å². The zero-order valence-electron chi connectivity index (χ0n) is 19.1. The Hall–Kier alpha value is -2.16. The lowest BCUT2D eigenvalue weighted by molar-refractivity contribution is -0.145. The third kappa shape index (κ3) is 4.49. The molecule has 0 aliphatic carbocycles. The number of ether oxygens (including phenoxy) is 2. The number of fused-ring (bicyclic) bond motifs is 1. The van der Waals surface area contributed by atoms with Crippen molar-refractivity contribution in [3.63, 3.8) is 0 Å². The lowest BCUT2D eigenvalue weighted by Crippen LogP contribution is -2.42. The van der Waals surface area contributed by atoms with Gasteiger partial charge in [-0.1, -0.05) is 18.2 Å². The van der Waals surface area contributed by atoms with Crippen molar-refractivity contribution in [2.45, 2.75) is 58.8 Å². The van der Waals surface area contributed by atoms with Gasteiger partial charge < -0.3 is 14.6 Å². The molecule has 0 aliphatic heterocycles. The molecule has 2 aromatic heterocycles. The van der Waals surface area contributed by atoms with Crippen LogP contribution in [0.1, 0.15) is 50.5 Å². The Balaban J connectivity index is 2.26. The summed E-state index contributed by atoms with van der Waals surface area (Å²) in [7, 11) is 1.62. The van der Waals surface area contributed by atoms with Crippen LogP contribution in [0.2, 0.25) is 0 Å². The number of rotatable bonds is 8. The second kappa shape index (κ2) is 9.37. The Morgan fingerprint density at radius 1 is 1.28 bits per heavy atom. The summed E-state index contributed by atoms with van der Waals surface area (Å²) in [6.45, 7) is 8.88. The number of hydrogen-bond donors (Lipinski definition) is 1. The van der Waals surface area contributed by atoms with Crippen LogP contribution in [-0.2, 0) is 21.5 Å². The smallest absolute Gasteiger partial charge is 0.329 e. The molecule has 1 N–H and O–H groups in total. The molecule has 0 aliphatic rings. The molecular weight excluding hydrogens is 494 g/mol. The van der Waals surface area contributed by atoms with E-state index in [0.29, 0.717) is 11.8 Å². The molecule has 0 radical (unpaired) electrons. The number of methoxy groups -OCH3 is 1. The zero-order chi connectivity index (χ0) is 23.8. The maximum atomic E-state index is 13.3. The van der Waals surface area contributed by atoms with E-state index in [4.69, 9.17) is 9.47 Å². The predicted octanol–water partition coefficient (Wildman–Crippen LogP) is 5.67. The lowest BCUT2D eigenvalue weighted by atomic mass is 9.98. The van der Waals surface area contributed by atoms with Crippen molar-refractivity contribution in [3.05, 3.63) is 61.3 Å². The van der Waals surface area contributed by atoms with Crippen LogP contribution in [0.4, 0.5) is 0 Å². The monoisotopic (exact) mass is 521 g/mol. The summed E-state index contributed by atoms with van der Waals surface area (Å²) < 4.78 is 14.9. The van der Waals surface area contributed by atoms with E-state index in [1.165, 1.54) is 29.8 Å². The number of halogens is 1. The van der Waals surface area contributed by atoms with Crippen molar-refractivity contribution in [1.29, 1.82) is 0 Å². The lowest BCUT2D eigenvalue weighted by Gasteiger charge is -2.26. The van der Waals surface area contributed by atoms with Crippen molar-refractivity contribution in [2.75, 3.05) is 7.11 Å². The maximum absolute atomic E-state index is 13.3. The molecule has 1 atom stereocenters. The van der Waals surface area contributed by atoms with Gasteiger partial charge in [-0.3, -0.25) is 9.36 Å². The number of hydrogen-bond acceptors (Lipinski definition) is 5. The van der Waals surface area contributed by atoms with Crippen LogP contribution in [0.3, 0.4) is 0 Å². The third-order valence-electron chi connectivity index (χ3n) is 5.55. The largest absolute Gasteiger partial charge is 0.496 e. The minimum absolute atomic E-state index is 0.0430. The molecule has 3 rings (SSSR count). The van der Waals surface area contributed by atoms with E-state index in [0.717, 1.165) is 30.9 Å². The molecule has 0 bridgehead atoms. The second-order valence-electron chi connectivity index (χ2n) is 8.52. The molecule has 0 fully saturated rings. The van der Waals surface area contributed by atoms with Crippen molar-refractivity contribution in [1.82, 2.24) is 4.57 Å². The molecular formula is C24H28BrNO5S. The Kier molecular flexibility index (Phi) is 7.17. The van der Waals surface area contributed by atoms with Gasteiger partial charge in [0.2, 0.25) is 0 Å². The van der Waals surface area contributed by atoms with E-state index in [9.17, 15) is 14.7 Å². The molecule has 8 heteroatoms. The van der Waals surface area contributed by atoms with Crippen LogP contribution in [-0.4, -0.2) is 28.9 Å². The first kappa shape index (κ1) is 24.5. The molecule has 32 heavy (non-hydrogen) atoms. The van der Waals surface area contributed by atoms with E-state index in [1.807, 2.05) is 45.0 Å². The minimum atomic E-state index is -1.40. The molecule has 0 spiro atoms. The predicted molar refractivity (Wildman–Crippen MR) is 131 cm³/mol. The number of aromatic nitrogens is 1. The van der Waals surface area contributed by atoms with E-state index >= 15 is 0 Å². The first-order valence-electron chi connectivity index (χ1n) is 10.3. The first-order chi connectivity index (χ1) is 15.0. The van der Waals surface area contributed by atoms with Crippen molar-refractivity contribution < 1.29 is 19.4 Å². The van der Waals surface area contributed by atoms with Gasteiger partial charge in [-0.15, -0.1) is 11.3 Å². The highest BCUT2D eigenvalue weighted by molar-refractivity contribution is 9.11. The van der Waals surface area contributed by atoms with Gasteiger partial charge in [-0.05, 0) is 67.7 Å². The SMILES string of the molecule is COc1ccccc1[C@H](Cc1cn(C(C)(C)C(=O)O)c(=O)c2c(C)c(Br)sc12)OC(C)C. The Labute approximate surface area is 199 Å². The first-order valence-corrected chi connectivity index (χ1v) is 11.9. The van der Waals surface area contributed by atoms with Gasteiger partial charge in [0, 0.05) is 22.9 Å². The number of carboxylic acids is 1. The second-order valence-corrected chi connectivity index (χ2v) is 10.9. The number of thiophene rings is 1. The average molecular weight is 522 g/mol. The standard InChI is InChI=1S/C24H28BrNO5S/c1-13(2)31-18(16-9-7-8-10-17(16)30-6)11-15-12-26(24(4,5)23(28)29)22(27)19-14(3)21(25)32-20(15)19/h7-10,12-13,18H,11H2,1-6H3,(H,28,29)/t18-/m0/s1. The van der Waals surface area contributed by atoms with Crippen molar-refractivity contribution in [2.24, 2.45) is 0 Å². The molecule has 6 nitrogen and oxygen atoms in total. The highest BCUT2D eigenvalue weighted by atomic mass is 79.9. The van der Waals surface area contributed by atoms with Crippen LogP contribution in [0.15, 0.2) is 39.0 Å². The third-order valence-corrected chi connectivity index (χ3v) is 7.79. The quantitative estimate of drug-likeness (QED) is 0.413. The van der Waals surface area contributed by atoms with Gasteiger partial charge in [-0.2, -0.15) is 0 Å². The van der Waals surface area contributed by atoms with Crippen LogP contribution < -0.4 is 10.3 Å². The summed E-state index contributed by atoms with van der Waals surface area (Å²) in [4.78, 5) is 25.3. The number of pyridine rings is 1. The van der Waals surface area contributed by atoms with Gasteiger partial charge >= 0.3 is 5.97 Å². The van der Waals surface area contributed by atoms with Crippen molar-refractivity contribution >= 4 is 43.3 Å². The van der Waals surface area contributed by atoms with Gasteiger partial charge in [0.15, 0.2) is 0 Å².